The zero-order valence-corrected chi connectivity index (χ0v) is 11.5. The molecule has 0 radical (unpaired) electrons. The lowest BCUT2D eigenvalue weighted by molar-refractivity contribution is -0.146. The molecule has 0 heterocycles. The van der Waals surface area contributed by atoms with Crippen molar-refractivity contribution in [1.82, 2.24) is 0 Å². The summed E-state index contributed by atoms with van der Waals surface area (Å²) in [6.07, 6.45) is -0.398. The monoisotopic (exact) mass is 286 g/mol. The summed E-state index contributed by atoms with van der Waals surface area (Å²) in [7, 11) is 2.28. The quantitative estimate of drug-likeness (QED) is 0.529. The Balaban J connectivity index is 4.60. The van der Waals surface area contributed by atoms with Gasteiger partial charge in [0.1, 0.15) is 5.25 Å². The van der Waals surface area contributed by atoms with Gasteiger partial charge in [0.15, 0.2) is 0 Å². The molecule has 0 aliphatic carbocycles. The lowest BCUT2D eigenvalue weighted by atomic mass is 10.3. The van der Waals surface area contributed by atoms with Gasteiger partial charge in [-0.15, -0.1) is 0 Å². The molecule has 0 saturated heterocycles. The number of carboxylic acids is 1. The first-order valence-corrected chi connectivity index (χ1v) is 7.69. The summed E-state index contributed by atoms with van der Waals surface area (Å²) in [6.45, 7) is -1.78. The van der Waals surface area contributed by atoms with Gasteiger partial charge in [0, 0.05) is 14.2 Å². The van der Waals surface area contributed by atoms with Crippen molar-refractivity contribution >= 4 is 30.1 Å². The van der Waals surface area contributed by atoms with Crippen LogP contribution in [0.4, 0.5) is 0 Å². The Labute approximate surface area is 103 Å². The van der Waals surface area contributed by atoms with Crippen molar-refractivity contribution in [2.75, 3.05) is 20.8 Å². The van der Waals surface area contributed by atoms with E-state index in [1.807, 2.05) is 0 Å². The standard InChI is InChI=1S/C8H15O7PS/c1-4-15-7(9)5-6(8(10)11)17-16(12,13-2)14-3/h6H,4-5H2,1-3H3,(H,10,11). The summed E-state index contributed by atoms with van der Waals surface area (Å²) in [5.74, 6) is -1.96. The minimum absolute atomic E-state index is 0.155. The highest BCUT2D eigenvalue weighted by Crippen LogP contribution is 2.61. The summed E-state index contributed by atoms with van der Waals surface area (Å²) in [4.78, 5) is 22.0. The molecule has 0 bridgehead atoms. The molecule has 100 valence electrons. The van der Waals surface area contributed by atoms with Gasteiger partial charge in [-0.3, -0.25) is 9.59 Å². The van der Waals surface area contributed by atoms with E-state index >= 15 is 0 Å². The van der Waals surface area contributed by atoms with Crippen molar-refractivity contribution in [3.05, 3.63) is 0 Å². The average molecular weight is 286 g/mol. The lowest BCUT2D eigenvalue weighted by Gasteiger charge is -2.16. The molecule has 1 unspecified atom stereocenters. The highest BCUT2D eigenvalue weighted by Gasteiger charge is 2.34. The molecule has 1 atom stereocenters. The number of aliphatic carboxylic acids is 1. The van der Waals surface area contributed by atoms with Gasteiger partial charge in [0.2, 0.25) is 0 Å². The van der Waals surface area contributed by atoms with Gasteiger partial charge >= 0.3 is 18.7 Å². The third-order valence-electron chi connectivity index (χ3n) is 1.64. The molecule has 17 heavy (non-hydrogen) atoms. The Morgan fingerprint density at radius 1 is 1.35 bits per heavy atom. The van der Waals surface area contributed by atoms with Crippen LogP contribution in [0, 0.1) is 0 Å². The zero-order chi connectivity index (χ0) is 13.5. The second kappa shape index (κ2) is 7.71. The molecule has 0 aromatic rings. The van der Waals surface area contributed by atoms with Gasteiger partial charge < -0.3 is 18.9 Å². The summed E-state index contributed by atoms with van der Waals surface area (Å²) in [5.41, 5.74) is 0. The summed E-state index contributed by atoms with van der Waals surface area (Å²) in [5, 5.41) is 7.65. The van der Waals surface area contributed by atoms with E-state index in [9.17, 15) is 14.2 Å². The molecule has 0 aromatic heterocycles. The van der Waals surface area contributed by atoms with Crippen LogP contribution in [-0.4, -0.2) is 43.1 Å². The van der Waals surface area contributed by atoms with Crippen LogP contribution in [0.2, 0.25) is 0 Å². The average Bonchev–Trinajstić information content (AvgIpc) is 2.28. The molecule has 0 saturated carbocycles. The molecular formula is C8H15O7PS. The number of carbonyl (C=O) groups excluding carboxylic acids is 1. The van der Waals surface area contributed by atoms with E-state index in [1.54, 1.807) is 6.92 Å². The largest absolute Gasteiger partial charge is 0.480 e. The fourth-order valence-electron chi connectivity index (χ4n) is 0.857. The van der Waals surface area contributed by atoms with Crippen LogP contribution in [0.1, 0.15) is 13.3 Å². The van der Waals surface area contributed by atoms with Crippen molar-refractivity contribution in [2.24, 2.45) is 0 Å². The molecule has 0 aromatic carbocycles. The number of hydrogen-bond acceptors (Lipinski definition) is 7. The van der Waals surface area contributed by atoms with Crippen LogP contribution in [0.15, 0.2) is 0 Å². The van der Waals surface area contributed by atoms with Gasteiger partial charge in [-0.25, -0.2) is 4.57 Å². The summed E-state index contributed by atoms with van der Waals surface area (Å²) < 4.78 is 25.5. The van der Waals surface area contributed by atoms with Crippen molar-refractivity contribution in [2.45, 2.75) is 18.6 Å². The second-order valence-corrected chi connectivity index (χ2v) is 7.13. The first-order chi connectivity index (χ1) is 7.88. The molecule has 1 N–H and O–H groups in total. The Kier molecular flexibility index (Phi) is 7.45. The maximum absolute atomic E-state index is 11.7. The van der Waals surface area contributed by atoms with E-state index in [-0.39, 0.29) is 6.61 Å². The topological polar surface area (TPSA) is 99.1 Å². The van der Waals surface area contributed by atoms with E-state index in [0.29, 0.717) is 11.4 Å². The first-order valence-electron chi connectivity index (χ1n) is 4.66. The number of rotatable bonds is 8. The molecule has 0 amide bonds. The highest BCUT2D eigenvalue weighted by atomic mass is 32.7. The third-order valence-corrected chi connectivity index (χ3v) is 5.84. The molecule has 0 aliphatic rings. The minimum atomic E-state index is -3.54. The van der Waals surface area contributed by atoms with E-state index in [2.05, 4.69) is 13.8 Å². The van der Waals surface area contributed by atoms with Crippen molar-refractivity contribution < 1.29 is 33.0 Å². The molecule has 0 aliphatic heterocycles. The van der Waals surface area contributed by atoms with Crippen LogP contribution in [0.3, 0.4) is 0 Å². The number of carboxylic acid groups (broad SMARTS) is 1. The Morgan fingerprint density at radius 2 is 1.88 bits per heavy atom. The Morgan fingerprint density at radius 3 is 2.24 bits per heavy atom. The van der Waals surface area contributed by atoms with Crippen LogP contribution >= 0.6 is 18.2 Å². The molecular weight excluding hydrogens is 271 g/mol. The molecule has 0 rings (SSSR count). The summed E-state index contributed by atoms with van der Waals surface area (Å²) >= 11 is 0.465. The van der Waals surface area contributed by atoms with E-state index in [4.69, 9.17) is 5.11 Å². The number of hydrogen-bond donors (Lipinski definition) is 1. The first kappa shape index (κ1) is 16.4. The maximum Gasteiger partial charge on any atom is 0.389 e. The van der Waals surface area contributed by atoms with Crippen LogP contribution < -0.4 is 0 Å². The summed E-state index contributed by atoms with van der Waals surface area (Å²) in [6, 6.07) is 0. The van der Waals surface area contributed by atoms with Crippen LogP contribution in [0.5, 0.6) is 0 Å². The fraction of sp³-hybridized carbons (Fsp3) is 0.750. The Hall–Kier alpha value is -0.560. The predicted molar refractivity (Wildman–Crippen MR) is 61.9 cm³/mol. The normalized spacial score (nSPS) is 13.1. The van der Waals surface area contributed by atoms with E-state index < -0.39 is 30.4 Å². The minimum Gasteiger partial charge on any atom is -0.480 e. The maximum atomic E-state index is 11.7. The second-order valence-electron chi connectivity index (χ2n) is 2.75. The molecule has 9 heteroatoms. The smallest absolute Gasteiger partial charge is 0.389 e. The Bertz CT molecular complexity index is 311. The van der Waals surface area contributed by atoms with Gasteiger partial charge in [0.05, 0.1) is 13.0 Å². The predicted octanol–water partition coefficient (Wildman–Crippen LogP) is 1.53. The number of esters is 1. The SMILES string of the molecule is CCOC(=O)CC(SP(=O)(OC)OC)C(=O)O. The lowest BCUT2D eigenvalue weighted by Crippen LogP contribution is -2.21. The van der Waals surface area contributed by atoms with Gasteiger partial charge in [-0.05, 0) is 18.3 Å². The van der Waals surface area contributed by atoms with Crippen molar-refractivity contribution in [1.29, 1.82) is 0 Å². The van der Waals surface area contributed by atoms with Crippen LogP contribution in [-0.2, 0) is 27.9 Å². The molecule has 0 spiro atoms. The van der Waals surface area contributed by atoms with E-state index in [1.165, 1.54) is 0 Å². The zero-order valence-electron chi connectivity index (χ0n) is 9.74. The highest BCUT2D eigenvalue weighted by molar-refractivity contribution is 8.55. The molecule has 0 fully saturated rings. The number of carbonyl (C=O) groups is 2. The van der Waals surface area contributed by atoms with Crippen molar-refractivity contribution in [3.8, 4) is 0 Å². The van der Waals surface area contributed by atoms with Gasteiger partial charge in [-0.1, -0.05) is 0 Å². The van der Waals surface area contributed by atoms with Crippen molar-refractivity contribution in [3.63, 3.8) is 0 Å². The number of ether oxygens (including phenoxy) is 1. The molecule has 7 nitrogen and oxygen atoms in total. The van der Waals surface area contributed by atoms with Gasteiger partial charge in [-0.2, -0.15) is 0 Å². The van der Waals surface area contributed by atoms with E-state index in [0.717, 1.165) is 14.2 Å². The van der Waals surface area contributed by atoms with Crippen LogP contribution in [0.25, 0.3) is 0 Å². The fourth-order valence-corrected chi connectivity index (χ4v) is 3.74. The van der Waals surface area contributed by atoms with Gasteiger partial charge in [0.25, 0.3) is 0 Å². The third kappa shape index (κ3) is 6.07.